The number of hydrogen-bond donors (Lipinski definition) is 0. The van der Waals surface area contributed by atoms with Gasteiger partial charge in [-0.05, 0) is 12.1 Å². The first-order chi connectivity index (χ1) is 7.45. The van der Waals surface area contributed by atoms with Gasteiger partial charge in [0.2, 0.25) is 0 Å². The lowest BCUT2D eigenvalue weighted by atomic mass is 10.3. The summed E-state index contributed by atoms with van der Waals surface area (Å²) in [6, 6.07) is 4.15. The Balaban J connectivity index is 2.02. The minimum atomic E-state index is 0.805. The number of ether oxygens (including phenoxy) is 1. The molecule has 78 valence electrons. The van der Waals surface area contributed by atoms with Crippen molar-refractivity contribution in [1.82, 2.24) is 9.66 Å². The van der Waals surface area contributed by atoms with Crippen molar-refractivity contribution in [3.05, 3.63) is 30.7 Å². The van der Waals surface area contributed by atoms with Crippen molar-refractivity contribution in [2.75, 3.05) is 31.3 Å². The minimum Gasteiger partial charge on any atom is -0.378 e. The molecule has 0 atom stereocenters. The Hall–Kier alpha value is -1.55. The predicted molar refractivity (Wildman–Crippen MR) is 58.5 cm³/mol. The van der Waals surface area contributed by atoms with Crippen LogP contribution in [0.25, 0.3) is 10.9 Å². The number of nitrogens with zero attached hydrogens (tertiary/aromatic N) is 3. The van der Waals surface area contributed by atoms with E-state index >= 15 is 0 Å². The average Bonchev–Trinajstić information content (AvgIpc) is 2.74. The number of pyridine rings is 1. The molecule has 0 unspecified atom stereocenters. The van der Waals surface area contributed by atoms with Crippen LogP contribution in [0.3, 0.4) is 0 Å². The van der Waals surface area contributed by atoms with E-state index < -0.39 is 0 Å². The zero-order valence-electron chi connectivity index (χ0n) is 8.47. The van der Waals surface area contributed by atoms with Crippen LogP contribution in [0.5, 0.6) is 0 Å². The minimum absolute atomic E-state index is 0.805. The summed E-state index contributed by atoms with van der Waals surface area (Å²) in [5.74, 6) is 0. The van der Waals surface area contributed by atoms with Crippen LogP contribution in [0.15, 0.2) is 30.7 Å². The summed E-state index contributed by atoms with van der Waals surface area (Å²) >= 11 is 0. The van der Waals surface area contributed by atoms with E-state index in [1.165, 1.54) is 10.9 Å². The van der Waals surface area contributed by atoms with E-state index in [4.69, 9.17) is 4.74 Å². The summed E-state index contributed by atoms with van der Waals surface area (Å²) in [5, 5.41) is 3.52. The zero-order valence-corrected chi connectivity index (χ0v) is 8.47. The molecular formula is C11H13N3O. The molecule has 0 aliphatic carbocycles. The van der Waals surface area contributed by atoms with E-state index in [1.54, 1.807) is 0 Å². The molecule has 0 radical (unpaired) electrons. The Morgan fingerprint density at radius 3 is 2.93 bits per heavy atom. The second-order valence-electron chi connectivity index (χ2n) is 3.66. The van der Waals surface area contributed by atoms with E-state index in [1.807, 2.05) is 18.5 Å². The molecule has 0 bridgehead atoms. The molecule has 4 nitrogen and oxygen atoms in total. The quantitative estimate of drug-likeness (QED) is 0.692. The zero-order chi connectivity index (χ0) is 10.1. The van der Waals surface area contributed by atoms with Gasteiger partial charge in [0, 0.05) is 17.8 Å². The molecule has 3 rings (SSSR count). The summed E-state index contributed by atoms with van der Waals surface area (Å²) in [4.78, 5) is 4.16. The largest absolute Gasteiger partial charge is 0.378 e. The van der Waals surface area contributed by atoms with Gasteiger partial charge in [-0.15, -0.1) is 0 Å². The maximum atomic E-state index is 5.34. The van der Waals surface area contributed by atoms with Gasteiger partial charge in [-0.1, -0.05) is 0 Å². The smallest absolute Gasteiger partial charge is 0.0877 e. The lowest BCUT2D eigenvalue weighted by Gasteiger charge is -2.30. The third-order valence-electron chi connectivity index (χ3n) is 2.77. The molecule has 0 aromatic carbocycles. The van der Waals surface area contributed by atoms with Crippen molar-refractivity contribution in [3.8, 4) is 0 Å². The number of rotatable bonds is 1. The summed E-state index contributed by atoms with van der Waals surface area (Å²) < 4.78 is 7.51. The molecule has 1 aliphatic heterocycles. The van der Waals surface area contributed by atoms with Crippen LogP contribution in [0.4, 0.5) is 0 Å². The van der Waals surface area contributed by atoms with Crippen molar-refractivity contribution >= 4 is 10.9 Å². The van der Waals surface area contributed by atoms with E-state index in [0.29, 0.717) is 0 Å². The summed E-state index contributed by atoms with van der Waals surface area (Å²) in [5.41, 5.74) is 1.17. The second-order valence-corrected chi connectivity index (χ2v) is 3.66. The SMILES string of the molecule is c1cc2ccn(N3CCOCC3)c2cn1. The van der Waals surface area contributed by atoms with Crippen LogP contribution in [0.2, 0.25) is 0 Å². The molecule has 2 aromatic rings. The highest BCUT2D eigenvalue weighted by atomic mass is 16.5. The Labute approximate surface area is 88.0 Å². The molecule has 15 heavy (non-hydrogen) atoms. The van der Waals surface area contributed by atoms with Crippen LogP contribution >= 0.6 is 0 Å². The fourth-order valence-corrected chi connectivity index (χ4v) is 1.98. The third kappa shape index (κ3) is 1.47. The van der Waals surface area contributed by atoms with E-state index in [-0.39, 0.29) is 0 Å². The van der Waals surface area contributed by atoms with Crippen molar-refractivity contribution in [1.29, 1.82) is 0 Å². The second kappa shape index (κ2) is 3.55. The maximum absolute atomic E-state index is 5.34. The Morgan fingerprint density at radius 2 is 2.07 bits per heavy atom. The van der Waals surface area contributed by atoms with Crippen molar-refractivity contribution in [3.63, 3.8) is 0 Å². The monoisotopic (exact) mass is 203 g/mol. The maximum Gasteiger partial charge on any atom is 0.0877 e. The molecule has 1 saturated heterocycles. The van der Waals surface area contributed by atoms with Crippen molar-refractivity contribution in [2.24, 2.45) is 0 Å². The van der Waals surface area contributed by atoms with E-state index in [0.717, 1.165) is 26.3 Å². The summed E-state index contributed by atoms with van der Waals surface area (Å²) in [7, 11) is 0. The topological polar surface area (TPSA) is 30.3 Å². The highest BCUT2D eigenvalue weighted by molar-refractivity contribution is 5.79. The van der Waals surface area contributed by atoms with Crippen LogP contribution in [0.1, 0.15) is 0 Å². The van der Waals surface area contributed by atoms with Gasteiger partial charge in [-0.3, -0.25) is 9.66 Å². The molecule has 1 aliphatic rings. The number of hydrogen-bond acceptors (Lipinski definition) is 3. The van der Waals surface area contributed by atoms with Gasteiger partial charge in [-0.25, -0.2) is 0 Å². The van der Waals surface area contributed by atoms with Crippen LogP contribution in [-0.2, 0) is 4.74 Å². The predicted octanol–water partition coefficient (Wildman–Crippen LogP) is 1.00. The summed E-state index contributed by atoms with van der Waals surface area (Å²) in [6.45, 7) is 3.50. The average molecular weight is 203 g/mol. The van der Waals surface area contributed by atoms with Crippen molar-refractivity contribution in [2.45, 2.75) is 0 Å². The van der Waals surface area contributed by atoms with Crippen LogP contribution < -0.4 is 5.01 Å². The van der Waals surface area contributed by atoms with Gasteiger partial charge in [0.1, 0.15) is 0 Å². The molecule has 1 fully saturated rings. The molecule has 0 spiro atoms. The van der Waals surface area contributed by atoms with Crippen molar-refractivity contribution < 1.29 is 4.74 Å². The van der Waals surface area contributed by atoms with Gasteiger partial charge in [0.05, 0.1) is 38.0 Å². The van der Waals surface area contributed by atoms with Gasteiger partial charge < -0.3 is 9.75 Å². The van der Waals surface area contributed by atoms with Crippen LogP contribution in [-0.4, -0.2) is 36.0 Å². The lowest BCUT2D eigenvalue weighted by Crippen LogP contribution is -2.43. The molecule has 0 amide bonds. The highest BCUT2D eigenvalue weighted by Crippen LogP contribution is 2.14. The molecule has 3 heterocycles. The first kappa shape index (κ1) is 8.73. The Morgan fingerprint density at radius 1 is 1.20 bits per heavy atom. The first-order valence-electron chi connectivity index (χ1n) is 5.19. The van der Waals surface area contributed by atoms with Gasteiger partial charge in [0.15, 0.2) is 0 Å². The fourth-order valence-electron chi connectivity index (χ4n) is 1.98. The molecule has 4 heteroatoms. The molecule has 0 saturated carbocycles. The standard InChI is InChI=1S/C11H13N3O/c1-3-12-9-11-10(1)2-4-14(11)13-5-7-15-8-6-13/h1-4,9H,5-8H2. The molecule has 0 N–H and O–H groups in total. The first-order valence-corrected chi connectivity index (χ1v) is 5.19. The number of aromatic nitrogens is 2. The lowest BCUT2D eigenvalue weighted by molar-refractivity contribution is 0.112. The van der Waals surface area contributed by atoms with Gasteiger partial charge >= 0.3 is 0 Å². The summed E-state index contributed by atoms with van der Waals surface area (Å²) in [6.07, 6.45) is 5.83. The normalized spacial score (nSPS) is 17.2. The fraction of sp³-hybridized carbons (Fsp3) is 0.364. The third-order valence-corrected chi connectivity index (χ3v) is 2.77. The number of fused-ring (bicyclic) bond motifs is 1. The Bertz CT molecular complexity index is 460. The molecular weight excluding hydrogens is 190 g/mol. The van der Waals surface area contributed by atoms with E-state index in [9.17, 15) is 0 Å². The van der Waals surface area contributed by atoms with Gasteiger partial charge in [0.25, 0.3) is 0 Å². The molecule has 2 aromatic heterocycles. The van der Waals surface area contributed by atoms with Gasteiger partial charge in [-0.2, -0.15) is 0 Å². The highest BCUT2D eigenvalue weighted by Gasteiger charge is 2.12. The van der Waals surface area contributed by atoms with Crippen LogP contribution in [0, 0.1) is 0 Å². The number of morpholine rings is 1. The van der Waals surface area contributed by atoms with E-state index in [2.05, 4.69) is 26.9 Å². The Kier molecular flexibility index (Phi) is 2.07.